The standard InChI is InChI=1S/C21H26O3/c1-4-7-16(14-18-8-5-6-9-19(18)22)10-11-17-12-13-20(23-2)21(15-17)24-3/h6-7,9-13,15,18H,4-5,8,14H2,1-3H3/b11-10+,16-7+. The van der Waals surface area contributed by atoms with Crippen molar-refractivity contribution >= 4 is 11.9 Å². The molecule has 0 aromatic heterocycles. The Morgan fingerprint density at radius 1 is 1.25 bits per heavy atom. The lowest BCUT2D eigenvalue weighted by Gasteiger charge is -2.17. The van der Waals surface area contributed by atoms with Crippen molar-refractivity contribution in [1.29, 1.82) is 0 Å². The van der Waals surface area contributed by atoms with Crippen LogP contribution in [0.2, 0.25) is 0 Å². The maximum atomic E-state index is 12.0. The van der Waals surface area contributed by atoms with E-state index in [2.05, 4.69) is 25.2 Å². The number of hydrogen-bond acceptors (Lipinski definition) is 3. The van der Waals surface area contributed by atoms with Crippen molar-refractivity contribution in [2.75, 3.05) is 14.2 Å². The van der Waals surface area contributed by atoms with E-state index in [4.69, 9.17) is 9.47 Å². The van der Waals surface area contributed by atoms with Gasteiger partial charge >= 0.3 is 0 Å². The van der Waals surface area contributed by atoms with Gasteiger partial charge in [0, 0.05) is 5.92 Å². The van der Waals surface area contributed by atoms with Crippen LogP contribution in [0, 0.1) is 5.92 Å². The molecular weight excluding hydrogens is 300 g/mol. The number of rotatable bonds is 7. The van der Waals surface area contributed by atoms with Crippen molar-refractivity contribution in [3.8, 4) is 11.5 Å². The predicted molar refractivity (Wildman–Crippen MR) is 98.4 cm³/mol. The third-order valence-corrected chi connectivity index (χ3v) is 4.21. The number of benzene rings is 1. The van der Waals surface area contributed by atoms with E-state index in [1.54, 1.807) is 20.3 Å². The minimum absolute atomic E-state index is 0.114. The van der Waals surface area contributed by atoms with E-state index in [1.165, 1.54) is 5.57 Å². The van der Waals surface area contributed by atoms with Crippen LogP contribution < -0.4 is 9.47 Å². The minimum atomic E-state index is 0.114. The van der Waals surface area contributed by atoms with Crippen molar-refractivity contribution in [2.45, 2.75) is 32.6 Å². The number of allylic oxidation sites excluding steroid dienone is 5. The second-order valence-electron chi connectivity index (χ2n) is 5.92. The number of methoxy groups -OCH3 is 2. The Bertz CT molecular complexity index is 653. The molecule has 1 unspecified atom stereocenters. The van der Waals surface area contributed by atoms with E-state index < -0.39 is 0 Å². The molecule has 0 spiro atoms. The number of ketones is 1. The van der Waals surface area contributed by atoms with Gasteiger partial charge in [0.1, 0.15) is 0 Å². The summed E-state index contributed by atoms with van der Waals surface area (Å²) in [6.07, 6.45) is 13.8. The van der Waals surface area contributed by atoms with Gasteiger partial charge in [-0.15, -0.1) is 0 Å². The lowest BCUT2D eigenvalue weighted by molar-refractivity contribution is -0.118. The van der Waals surface area contributed by atoms with Gasteiger partial charge in [-0.25, -0.2) is 0 Å². The predicted octanol–water partition coefficient (Wildman–Crippen LogP) is 4.98. The monoisotopic (exact) mass is 326 g/mol. The summed E-state index contributed by atoms with van der Waals surface area (Å²) in [5.41, 5.74) is 2.26. The molecule has 3 nitrogen and oxygen atoms in total. The van der Waals surface area contributed by atoms with Gasteiger partial charge in [-0.2, -0.15) is 0 Å². The zero-order valence-electron chi connectivity index (χ0n) is 14.7. The Labute approximate surface area is 144 Å². The summed E-state index contributed by atoms with van der Waals surface area (Å²) >= 11 is 0. The molecule has 1 aliphatic rings. The quantitative estimate of drug-likeness (QED) is 0.663. The molecule has 1 atom stereocenters. The molecule has 24 heavy (non-hydrogen) atoms. The highest BCUT2D eigenvalue weighted by atomic mass is 16.5. The van der Waals surface area contributed by atoms with Crippen LogP contribution in [0.3, 0.4) is 0 Å². The fourth-order valence-corrected chi connectivity index (χ4v) is 2.90. The first kappa shape index (κ1) is 18.1. The fraction of sp³-hybridized carbons (Fsp3) is 0.381. The first-order valence-corrected chi connectivity index (χ1v) is 8.47. The van der Waals surface area contributed by atoms with Crippen LogP contribution >= 0.6 is 0 Å². The molecule has 0 aliphatic heterocycles. The fourth-order valence-electron chi connectivity index (χ4n) is 2.90. The molecule has 0 radical (unpaired) electrons. The van der Waals surface area contributed by atoms with E-state index in [0.29, 0.717) is 5.75 Å². The first-order chi connectivity index (χ1) is 11.7. The molecule has 1 aliphatic carbocycles. The van der Waals surface area contributed by atoms with Gasteiger partial charge in [-0.3, -0.25) is 4.79 Å². The van der Waals surface area contributed by atoms with Gasteiger partial charge in [0.2, 0.25) is 0 Å². The molecule has 0 saturated carbocycles. The second-order valence-corrected chi connectivity index (χ2v) is 5.92. The molecule has 3 heteroatoms. The van der Waals surface area contributed by atoms with Crippen molar-refractivity contribution in [2.24, 2.45) is 5.92 Å². The highest BCUT2D eigenvalue weighted by Crippen LogP contribution is 2.29. The van der Waals surface area contributed by atoms with Crippen LogP contribution in [0.25, 0.3) is 6.08 Å². The molecule has 0 heterocycles. The van der Waals surface area contributed by atoms with Crippen molar-refractivity contribution in [3.05, 3.63) is 53.6 Å². The average molecular weight is 326 g/mol. The van der Waals surface area contributed by atoms with E-state index in [9.17, 15) is 4.79 Å². The smallest absolute Gasteiger partial charge is 0.161 e. The van der Waals surface area contributed by atoms with Crippen LogP contribution in [-0.2, 0) is 4.79 Å². The summed E-state index contributed by atoms with van der Waals surface area (Å²) < 4.78 is 10.6. The summed E-state index contributed by atoms with van der Waals surface area (Å²) in [6, 6.07) is 5.85. The number of ether oxygens (including phenoxy) is 2. The summed E-state index contributed by atoms with van der Waals surface area (Å²) in [6.45, 7) is 2.12. The summed E-state index contributed by atoms with van der Waals surface area (Å²) in [7, 11) is 3.26. The van der Waals surface area contributed by atoms with Crippen LogP contribution in [0.5, 0.6) is 11.5 Å². The van der Waals surface area contributed by atoms with Crippen molar-refractivity contribution < 1.29 is 14.3 Å². The Morgan fingerprint density at radius 2 is 2.04 bits per heavy atom. The summed E-state index contributed by atoms with van der Waals surface area (Å²) in [5, 5.41) is 0. The summed E-state index contributed by atoms with van der Waals surface area (Å²) in [5.74, 6) is 1.80. The van der Waals surface area contributed by atoms with E-state index in [1.807, 2.05) is 24.3 Å². The Morgan fingerprint density at radius 3 is 2.71 bits per heavy atom. The normalized spacial score (nSPS) is 18.2. The molecular formula is C21H26O3. The summed E-state index contributed by atoms with van der Waals surface area (Å²) in [4.78, 5) is 12.0. The van der Waals surface area contributed by atoms with Gasteiger partial charge in [0.15, 0.2) is 17.3 Å². The SMILES string of the molecule is CC/C=C(\C=C\c1ccc(OC)c(OC)c1)CC1CCC=CC1=O. The maximum absolute atomic E-state index is 12.0. The maximum Gasteiger partial charge on any atom is 0.161 e. The molecule has 0 fully saturated rings. The average Bonchev–Trinajstić information content (AvgIpc) is 2.61. The Hall–Kier alpha value is -2.29. The lowest BCUT2D eigenvalue weighted by atomic mass is 9.87. The number of carbonyl (C=O) groups is 1. The third kappa shape index (κ3) is 4.85. The van der Waals surface area contributed by atoms with Crippen molar-refractivity contribution in [1.82, 2.24) is 0 Å². The largest absolute Gasteiger partial charge is 0.493 e. The third-order valence-electron chi connectivity index (χ3n) is 4.21. The van der Waals surface area contributed by atoms with E-state index in [-0.39, 0.29) is 11.7 Å². The highest BCUT2D eigenvalue weighted by Gasteiger charge is 2.19. The molecule has 0 N–H and O–H groups in total. The highest BCUT2D eigenvalue weighted by molar-refractivity contribution is 5.92. The first-order valence-electron chi connectivity index (χ1n) is 8.47. The van der Waals surface area contributed by atoms with Gasteiger partial charge in [-0.1, -0.05) is 42.9 Å². The number of carbonyl (C=O) groups excluding carboxylic acids is 1. The van der Waals surface area contributed by atoms with Gasteiger partial charge in [0.25, 0.3) is 0 Å². The number of hydrogen-bond donors (Lipinski definition) is 0. The van der Waals surface area contributed by atoms with Crippen molar-refractivity contribution in [3.63, 3.8) is 0 Å². The van der Waals surface area contributed by atoms with Gasteiger partial charge in [0.05, 0.1) is 14.2 Å². The molecule has 0 amide bonds. The van der Waals surface area contributed by atoms with E-state index in [0.717, 1.165) is 37.0 Å². The van der Waals surface area contributed by atoms with Gasteiger partial charge in [-0.05, 0) is 49.5 Å². The van der Waals surface area contributed by atoms with Crippen LogP contribution in [0.4, 0.5) is 0 Å². The lowest BCUT2D eigenvalue weighted by Crippen LogP contribution is -2.15. The van der Waals surface area contributed by atoms with Gasteiger partial charge < -0.3 is 9.47 Å². The Balaban J connectivity index is 2.12. The van der Waals surface area contributed by atoms with Crippen LogP contribution in [0.15, 0.2) is 48.1 Å². The van der Waals surface area contributed by atoms with Crippen LogP contribution in [-0.4, -0.2) is 20.0 Å². The topological polar surface area (TPSA) is 35.5 Å². The Kier molecular flexibility index (Phi) is 6.86. The molecule has 0 saturated heterocycles. The minimum Gasteiger partial charge on any atom is -0.493 e. The molecule has 1 aromatic rings. The molecule has 128 valence electrons. The van der Waals surface area contributed by atoms with E-state index >= 15 is 0 Å². The zero-order chi connectivity index (χ0) is 17.4. The molecule has 0 bridgehead atoms. The zero-order valence-corrected chi connectivity index (χ0v) is 14.7. The second kappa shape index (κ2) is 9.11. The molecule has 1 aromatic carbocycles. The van der Waals surface area contributed by atoms with Crippen LogP contribution in [0.1, 0.15) is 38.2 Å². The molecule has 2 rings (SSSR count).